The topological polar surface area (TPSA) is 81.0 Å². The normalized spacial score (nSPS) is 19.8. The third kappa shape index (κ3) is 5.00. The van der Waals surface area contributed by atoms with Gasteiger partial charge in [-0.25, -0.2) is 9.67 Å². The molecule has 1 aliphatic heterocycles. The average Bonchev–Trinajstić information content (AvgIpc) is 3.33. The first-order valence-electron chi connectivity index (χ1n) is 12.0. The molecule has 0 aromatic carbocycles. The molecule has 0 spiro atoms. The fourth-order valence-electron chi connectivity index (χ4n) is 4.64. The monoisotopic (exact) mass is 447 g/mol. The van der Waals surface area contributed by atoms with Gasteiger partial charge >= 0.3 is 0 Å². The summed E-state index contributed by atoms with van der Waals surface area (Å²) < 4.78 is 7.13. The van der Waals surface area contributed by atoms with E-state index in [1.807, 2.05) is 23.1 Å². The Morgan fingerprint density at radius 2 is 2.06 bits per heavy atom. The number of anilines is 1. The number of nitrogens with one attached hydrogen (secondary N) is 1. The molecule has 1 saturated heterocycles. The number of methoxy groups -OCH3 is 1. The minimum atomic E-state index is 0.0321. The molecule has 2 fully saturated rings. The number of hydrogen-bond donors (Lipinski definition) is 1. The zero-order chi connectivity index (χ0) is 22.6. The van der Waals surface area contributed by atoms with E-state index in [0.29, 0.717) is 11.8 Å². The van der Waals surface area contributed by atoms with Crippen LogP contribution in [0.4, 0.5) is 5.82 Å². The van der Waals surface area contributed by atoms with Crippen molar-refractivity contribution in [1.29, 1.82) is 0 Å². The van der Waals surface area contributed by atoms with Crippen LogP contribution in [0.25, 0.3) is 11.3 Å². The lowest BCUT2D eigenvalue weighted by atomic mass is 9.85. The van der Waals surface area contributed by atoms with E-state index in [1.165, 1.54) is 38.6 Å². The van der Waals surface area contributed by atoms with Crippen molar-refractivity contribution in [3.63, 3.8) is 0 Å². The van der Waals surface area contributed by atoms with Gasteiger partial charge in [0.15, 0.2) is 0 Å². The van der Waals surface area contributed by atoms with Crippen LogP contribution in [0.1, 0.15) is 50.6 Å². The van der Waals surface area contributed by atoms with Gasteiger partial charge < -0.3 is 15.0 Å². The van der Waals surface area contributed by atoms with Crippen LogP contribution in [0, 0.1) is 5.92 Å². The van der Waals surface area contributed by atoms with Gasteiger partial charge in [0.25, 0.3) is 0 Å². The van der Waals surface area contributed by atoms with Gasteiger partial charge in [0.1, 0.15) is 17.3 Å². The van der Waals surface area contributed by atoms with Crippen molar-refractivity contribution < 1.29 is 4.74 Å². The van der Waals surface area contributed by atoms with Crippen molar-refractivity contribution in [1.82, 2.24) is 30.3 Å². The number of ether oxygens (including phenoxy) is 1. The Hall–Kier alpha value is -3.00. The lowest BCUT2D eigenvalue weighted by Gasteiger charge is -2.36. The second kappa shape index (κ2) is 9.87. The predicted octanol–water partition coefficient (Wildman–Crippen LogP) is 3.71. The summed E-state index contributed by atoms with van der Waals surface area (Å²) in [5.41, 5.74) is 2.76. The Morgan fingerprint density at radius 3 is 2.82 bits per heavy atom. The molecule has 8 heteroatoms. The summed E-state index contributed by atoms with van der Waals surface area (Å²) in [5.74, 6) is 2.66. The minimum Gasteiger partial charge on any atom is -0.495 e. The van der Waals surface area contributed by atoms with Crippen molar-refractivity contribution in [2.24, 2.45) is 5.92 Å². The molecule has 5 rings (SSSR count). The van der Waals surface area contributed by atoms with Crippen molar-refractivity contribution in [3.8, 4) is 17.0 Å². The average molecular weight is 448 g/mol. The van der Waals surface area contributed by atoms with Crippen LogP contribution in [0.2, 0.25) is 0 Å². The van der Waals surface area contributed by atoms with Crippen molar-refractivity contribution in [3.05, 3.63) is 48.5 Å². The highest BCUT2D eigenvalue weighted by Gasteiger charge is 2.23. The summed E-state index contributed by atoms with van der Waals surface area (Å²) in [6, 6.07) is 6.82. The molecule has 0 bridgehead atoms. The highest BCUT2D eigenvalue weighted by atomic mass is 16.5. The molecule has 2 atom stereocenters. The summed E-state index contributed by atoms with van der Waals surface area (Å²) >= 11 is 0. The van der Waals surface area contributed by atoms with Gasteiger partial charge in [0.05, 0.1) is 25.5 Å². The van der Waals surface area contributed by atoms with Crippen LogP contribution in [0.3, 0.4) is 0 Å². The SMILES string of the molecule is COc1cncc(-c2cn(C(C)c3ccc(N4CCCC(NCC5CCC5)C4)nc3)nn2)c1. The Morgan fingerprint density at radius 1 is 1.15 bits per heavy atom. The number of pyridine rings is 2. The molecule has 1 N–H and O–H groups in total. The Bertz CT molecular complexity index is 1050. The summed E-state index contributed by atoms with van der Waals surface area (Å²) in [7, 11) is 1.63. The quantitative estimate of drug-likeness (QED) is 0.564. The largest absolute Gasteiger partial charge is 0.495 e. The van der Waals surface area contributed by atoms with Crippen molar-refractivity contribution in [2.75, 3.05) is 31.6 Å². The fourth-order valence-corrected chi connectivity index (χ4v) is 4.64. The third-order valence-corrected chi connectivity index (χ3v) is 7.07. The van der Waals surface area contributed by atoms with Gasteiger partial charge in [-0.3, -0.25) is 4.98 Å². The lowest BCUT2D eigenvalue weighted by Crippen LogP contribution is -2.47. The van der Waals surface area contributed by atoms with E-state index in [4.69, 9.17) is 9.72 Å². The van der Waals surface area contributed by atoms with Crippen LogP contribution in [-0.4, -0.2) is 57.7 Å². The summed E-state index contributed by atoms with van der Waals surface area (Å²) in [6.45, 7) is 5.40. The van der Waals surface area contributed by atoms with E-state index in [-0.39, 0.29) is 6.04 Å². The van der Waals surface area contributed by atoms with Gasteiger partial charge in [-0.05, 0) is 62.8 Å². The van der Waals surface area contributed by atoms with Crippen LogP contribution in [-0.2, 0) is 0 Å². The number of piperidine rings is 1. The molecular formula is C25H33N7O. The van der Waals surface area contributed by atoms with Crippen molar-refractivity contribution >= 4 is 5.82 Å². The van der Waals surface area contributed by atoms with Crippen LogP contribution < -0.4 is 15.0 Å². The van der Waals surface area contributed by atoms with Crippen LogP contribution >= 0.6 is 0 Å². The Kier molecular flexibility index (Phi) is 6.53. The van der Waals surface area contributed by atoms with E-state index >= 15 is 0 Å². The fraction of sp³-hybridized carbons (Fsp3) is 0.520. The van der Waals surface area contributed by atoms with E-state index < -0.39 is 0 Å². The number of rotatable bonds is 8. The molecule has 0 radical (unpaired) electrons. The second-order valence-electron chi connectivity index (χ2n) is 9.31. The van der Waals surface area contributed by atoms with E-state index in [9.17, 15) is 0 Å². The van der Waals surface area contributed by atoms with Crippen molar-refractivity contribution in [2.45, 2.75) is 51.1 Å². The first-order valence-corrected chi connectivity index (χ1v) is 12.0. The molecule has 8 nitrogen and oxygen atoms in total. The summed E-state index contributed by atoms with van der Waals surface area (Å²) in [6.07, 6.45) is 14.0. The van der Waals surface area contributed by atoms with E-state index in [0.717, 1.165) is 41.6 Å². The zero-order valence-corrected chi connectivity index (χ0v) is 19.5. The second-order valence-corrected chi connectivity index (χ2v) is 9.31. The van der Waals surface area contributed by atoms with Gasteiger partial charge in [-0.15, -0.1) is 5.10 Å². The molecule has 1 aliphatic carbocycles. The molecule has 174 valence electrons. The molecule has 3 aromatic rings. The predicted molar refractivity (Wildman–Crippen MR) is 128 cm³/mol. The highest BCUT2D eigenvalue weighted by molar-refractivity contribution is 5.58. The summed E-state index contributed by atoms with van der Waals surface area (Å²) in [5, 5.41) is 12.5. The third-order valence-electron chi connectivity index (χ3n) is 7.07. The molecule has 0 amide bonds. The number of hydrogen-bond acceptors (Lipinski definition) is 7. The molecular weight excluding hydrogens is 414 g/mol. The van der Waals surface area contributed by atoms with Crippen LogP contribution in [0.5, 0.6) is 5.75 Å². The first-order chi connectivity index (χ1) is 16.2. The Balaban J connectivity index is 1.22. The molecule has 2 aliphatic rings. The molecule has 2 unspecified atom stereocenters. The molecule has 33 heavy (non-hydrogen) atoms. The molecule has 4 heterocycles. The standard InChI is InChI=1S/C25H33N7O/c1-18(32-17-24(29-30-32)21-11-23(33-2)15-26-13-21)20-8-9-25(28-14-20)31-10-4-7-22(16-31)27-12-19-5-3-6-19/h8-9,11,13-15,17-19,22,27H,3-7,10,12,16H2,1-2H3. The molecule has 3 aromatic heterocycles. The van der Waals surface area contributed by atoms with Gasteiger partial charge in [0, 0.05) is 37.1 Å². The van der Waals surface area contributed by atoms with E-state index in [2.05, 4.69) is 44.6 Å². The maximum absolute atomic E-state index is 5.27. The van der Waals surface area contributed by atoms with Gasteiger partial charge in [0.2, 0.25) is 0 Å². The van der Waals surface area contributed by atoms with Gasteiger partial charge in [-0.1, -0.05) is 17.7 Å². The molecule has 1 saturated carbocycles. The van der Waals surface area contributed by atoms with Gasteiger partial charge in [-0.2, -0.15) is 0 Å². The zero-order valence-electron chi connectivity index (χ0n) is 19.5. The maximum atomic E-state index is 5.27. The first kappa shape index (κ1) is 21.8. The summed E-state index contributed by atoms with van der Waals surface area (Å²) in [4.78, 5) is 11.4. The maximum Gasteiger partial charge on any atom is 0.137 e. The van der Waals surface area contributed by atoms with E-state index in [1.54, 1.807) is 19.5 Å². The smallest absolute Gasteiger partial charge is 0.137 e. The minimum absolute atomic E-state index is 0.0321. The number of aromatic nitrogens is 5. The lowest BCUT2D eigenvalue weighted by molar-refractivity contribution is 0.280. The van der Waals surface area contributed by atoms with Crippen LogP contribution in [0.15, 0.2) is 43.0 Å². The Labute approximate surface area is 195 Å². The number of nitrogens with zero attached hydrogens (tertiary/aromatic N) is 6. The highest BCUT2D eigenvalue weighted by Crippen LogP contribution is 2.27.